The zero-order valence-corrected chi connectivity index (χ0v) is 19.2. The molecule has 37 heavy (non-hydrogen) atoms. The Morgan fingerprint density at radius 3 is 2.14 bits per heavy atom. The van der Waals surface area contributed by atoms with Crippen LogP contribution in [0.25, 0.3) is 0 Å². The van der Waals surface area contributed by atoms with E-state index in [1.807, 2.05) is 5.32 Å². The van der Waals surface area contributed by atoms with Gasteiger partial charge in [-0.15, -0.1) is 0 Å². The van der Waals surface area contributed by atoms with Gasteiger partial charge in [-0.05, 0) is 42.5 Å². The SMILES string of the molecule is COc1ccc(Oc2cc(C(F)(F)F)cc(C(F)(F)F)c2C(=O)Nc2cccc(S(N)(=O)=O)c2)c(F)c1. The zero-order valence-electron chi connectivity index (χ0n) is 18.4. The number of amides is 1. The van der Waals surface area contributed by atoms with Crippen molar-refractivity contribution in [2.45, 2.75) is 17.2 Å². The quantitative estimate of drug-likeness (QED) is 0.389. The molecule has 7 nitrogen and oxygen atoms in total. The van der Waals surface area contributed by atoms with E-state index in [0.717, 1.165) is 42.5 Å². The summed E-state index contributed by atoms with van der Waals surface area (Å²) in [5.41, 5.74) is -5.63. The van der Waals surface area contributed by atoms with Gasteiger partial charge >= 0.3 is 12.4 Å². The first-order chi connectivity index (χ1) is 17.0. The third kappa shape index (κ3) is 6.48. The standard InChI is InChI=1S/C22H15F7N2O5S/c1-35-13-5-6-17(16(23)10-13)36-18-8-11(21(24,25)26)7-15(22(27,28)29)19(18)20(32)31-12-3-2-4-14(9-12)37(30,33)34/h2-10H,1H3,(H,31,32)(H2,30,33,34). The van der Waals surface area contributed by atoms with E-state index < -0.39 is 67.2 Å². The third-order valence-corrected chi connectivity index (χ3v) is 5.65. The first-order valence-electron chi connectivity index (χ1n) is 9.78. The second-order valence-electron chi connectivity index (χ2n) is 7.32. The number of hydrogen-bond donors (Lipinski definition) is 2. The molecule has 198 valence electrons. The number of ether oxygens (including phenoxy) is 2. The maximum Gasteiger partial charge on any atom is 0.417 e. The Balaban J connectivity index is 2.21. The molecule has 0 bridgehead atoms. The van der Waals surface area contributed by atoms with E-state index in [4.69, 9.17) is 14.6 Å². The second-order valence-corrected chi connectivity index (χ2v) is 8.88. The summed E-state index contributed by atoms with van der Waals surface area (Å²) in [6.07, 6.45) is -10.8. The molecular weight excluding hydrogens is 537 g/mol. The molecule has 0 radical (unpaired) electrons. The van der Waals surface area contributed by atoms with Gasteiger partial charge in [0.15, 0.2) is 11.6 Å². The summed E-state index contributed by atoms with van der Waals surface area (Å²) in [7, 11) is -3.09. The molecule has 0 aliphatic heterocycles. The van der Waals surface area contributed by atoms with Gasteiger partial charge in [0.25, 0.3) is 5.91 Å². The van der Waals surface area contributed by atoms with E-state index in [-0.39, 0.29) is 23.6 Å². The second kappa shape index (κ2) is 9.89. The number of carbonyl (C=O) groups is 1. The molecule has 0 saturated carbocycles. The van der Waals surface area contributed by atoms with E-state index in [1.54, 1.807) is 0 Å². The number of benzene rings is 3. The molecule has 3 rings (SSSR count). The van der Waals surface area contributed by atoms with Crippen LogP contribution >= 0.6 is 0 Å². The highest BCUT2D eigenvalue weighted by atomic mass is 32.2. The van der Waals surface area contributed by atoms with Crippen LogP contribution in [-0.2, 0) is 22.4 Å². The maximum atomic E-state index is 14.4. The van der Waals surface area contributed by atoms with Crippen molar-refractivity contribution in [1.82, 2.24) is 0 Å². The van der Waals surface area contributed by atoms with Crippen molar-refractivity contribution in [2.24, 2.45) is 5.14 Å². The molecule has 0 aliphatic carbocycles. The fourth-order valence-corrected chi connectivity index (χ4v) is 3.63. The predicted octanol–water partition coefficient (Wildman–Crippen LogP) is 5.56. The molecular formula is C22H15F7N2O5S. The summed E-state index contributed by atoms with van der Waals surface area (Å²) in [5, 5.41) is 6.96. The fourth-order valence-electron chi connectivity index (χ4n) is 3.07. The maximum absolute atomic E-state index is 14.4. The number of nitrogens with one attached hydrogen (secondary N) is 1. The monoisotopic (exact) mass is 552 g/mol. The molecule has 15 heteroatoms. The average molecular weight is 552 g/mol. The van der Waals surface area contributed by atoms with Gasteiger partial charge in [0, 0.05) is 11.8 Å². The molecule has 0 unspecified atom stereocenters. The lowest BCUT2D eigenvalue weighted by molar-refractivity contribution is -0.143. The highest BCUT2D eigenvalue weighted by Gasteiger charge is 2.42. The Morgan fingerprint density at radius 1 is 0.919 bits per heavy atom. The topological polar surface area (TPSA) is 108 Å². The number of alkyl halides is 6. The van der Waals surface area contributed by atoms with Crippen LogP contribution in [0.1, 0.15) is 21.5 Å². The molecule has 0 aromatic heterocycles. The Kier molecular flexibility index (Phi) is 7.42. The average Bonchev–Trinajstić information content (AvgIpc) is 2.78. The van der Waals surface area contributed by atoms with Gasteiger partial charge in [0.1, 0.15) is 11.5 Å². The smallest absolute Gasteiger partial charge is 0.417 e. The minimum atomic E-state index is -5.49. The third-order valence-electron chi connectivity index (χ3n) is 4.74. The van der Waals surface area contributed by atoms with E-state index in [0.29, 0.717) is 0 Å². The summed E-state index contributed by atoms with van der Waals surface area (Å²) in [6.45, 7) is 0. The number of carbonyl (C=O) groups excluding carboxylic acids is 1. The molecule has 3 aromatic carbocycles. The number of nitrogens with two attached hydrogens (primary N) is 1. The van der Waals surface area contributed by atoms with E-state index in [9.17, 15) is 43.9 Å². The van der Waals surface area contributed by atoms with Crippen LogP contribution < -0.4 is 19.9 Å². The van der Waals surface area contributed by atoms with E-state index in [2.05, 4.69) is 0 Å². The van der Waals surface area contributed by atoms with Gasteiger partial charge < -0.3 is 14.8 Å². The predicted molar refractivity (Wildman–Crippen MR) is 115 cm³/mol. The molecule has 0 heterocycles. The van der Waals surface area contributed by atoms with Crippen LogP contribution in [-0.4, -0.2) is 21.4 Å². The molecule has 3 N–H and O–H groups in total. The number of methoxy groups -OCH3 is 1. The lowest BCUT2D eigenvalue weighted by Gasteiger charge is -2.20. The Morgan fingerprint density at radius 2 is 1.59 bits per heavy atom. The van der Waals surface area contributed by atoms with E-state index >= 15 is 0 Å². The Hall–Kier alpha value is -3.85. The lowest BCUT2D eigenvalue weighted by Crippen LogP contribution is -2.22. The largest absolute Gasteiger partial charge is 0.497 e. The number of halogens is 7. The number of rotatable bonds is 6. The summed E-state index contributed by atoms with van der Waals surface area (Å²) in [4.78, 5) is 12.4. The zero-order chi connectivity index (χ0) is 27.8. The Labute approximate surface area is 204 Å². The van der Waals surface area contributed by atoms with Crippen molar-refractivity contribution in [3.8, 4) is 17.2 Å². The molecule has 0 fully saturated rings. The summed E-state index contributed by atoms with van der Waals surface area (Å²) in [5.74, 6) is -4.95. The summed E-state index contributed by atoms with van der Waals surface area (Å²) < 4.78 is 129. The lowest BCUT2D eigenvalue weighted by atomic mass is 10.0. The van der Waals surface area contributed by atoms with Gasteiger partial charge in [-0.1, -0.05) is 6.07 Å². The number of sulfonamides is 1. The minimum Gasteiger partial charge on any atom is -0.497 e. The molecule has 1 amide bonds. The van der Waals surface area contributed by atoms with Crippen LogP contribution in [0.4, 0.5) is 36.4 Å². The van der Waals surface area contributed by atoms with Gasteiger partial charge in [0.05, 0.1) is 28.7 Å². The first-order valence-corrected chi connectivity index (χ1v) is 11.3. The number of primary sulfonamides is 1. The van der Waals surface area contributed by atoms with Crippen LogP contribution in [0, 0.1) is 5.82 Å². The van der Waals surface area contributed by atoms with Crippen LogP contribution in [0.5, 0.6) is 17.2 Å². The van der Waals surface area contributed by atoms with Gasteiger partial charge in [-0.3, -0.25) is 4.79 Å². The van der Waals surface area contributed by atoms with Crippen molar-refractivity contribution >= 4 is 21.6 Å². The van der Waals surface area contributed by atoms with Crippen molar-refractivity contribution < 1.29 is 53.4 Å². The summed E-state index contributed by atoms with van der Waals surface area (Å²) >= 11 is 0. The number of hydrogen-bond acceptors (Lipinski definition) is 5. The molecule has 0 aliphatic rings. The van der Waals surface area contributed by atoms with Gasteiger partial charge in [-0.25, -0.2) is 17.9 Å². The molecule has 0 atom stereocenters. The highest BCUT2D eigenvalue weighted by molar-refractivity contribution is 7.89. The van der Waals surface area contributed by atoms with Crippen molar-refractivity contribution in [3.63, 3.8) is 0 Å². The van der Waals surface area contributed by atoms with Crippen molar-refractivity contribution in [1.29, 1.82) is 0 Å². The fraction of sp³-hybridized carbons (Fsp3) is 0.136. The van der Waals surface area contributed by atoms with E-state index in [1.165, 1.54) is 7.11 Å². The molecule has 0 spiro atoms. The van der Waals surface area contributed by atoms with Gasteiger partial charge in [-0.2, -0.15) is 26.3 Å². The van der Waals surface area contributed by atoms with Gasteiger partial charge in [0.2, 0.25) is 10.0 Å². The Bertz CT molecular complexity index is 1450. The molecule has 0 saturated heterocycles. The minimum absolute atomic E-state index is 0.0300. The first kappa shape index (κ1) is 27.7. The summed E-state index contributed by atoms with van der Waals surface area (Å²) in [6, 6.07) is 6.60. The van der Waals surface area contributed by atoms with Crippen molar-refractivity contribution in [2.75, 3.05) is 12.4 Å². The van der Waals surface area contributed by atoms with Crippen LogP contribution in [0.2, 0.25) is 0 Å². The van der Waals surface area contributed by atoms with Crippen LogP contribution in [0.15, 0.2) is 59.5 Å². The van der Waals surface area contributed by atoms with Crippen LogP contribution in [0.3, 0.4) is 0 Å². The van der Waals surface area contributed by atoms with Crippen molar-refractivity contribution in [3.05, 3.63) is 77.1 Å². The normalized spacial score (nSPS) is 12.2. The highest BCUT2D eigenvalue weighted by Crippen LogP contribution is 2.43. The molecule has 3 aromatic rings. The number of anilines is 1.